The van der Waals surface area contributed by atoms with E-state index >= 15 is 0 Å². The van der Waals surface area contributed by atoms with Crippen LogP contribution in [0.3, 0.4) is 0 Å². The first-order chi connectivity index (χ1) is 10.5. The third-order valence-electron chi connectivity index (χ3n) is 2.27. The summed E-state index contributed by atoms with van der Waals surface area (Å²) in [6, 6.07) is 6.67. The predicted octanol–water partition coefficient (Wildman–Crippen LogP) is 2.32. The number of carbonyl (C=O) groups is 2. The number of alkyl halides is 3. The fourth-order valence-corrected chi connectivity index (χ4v) is 1.17. The van der Waals surface area contributed by atoms with E-state index in [1.165, 1.54) is 0 Å². The molecule has 1 aromatic carbocycles. The highest BCUT2D eigenvalue weighted by Gasteiger charge is 2.38. The fraction of sp³-hybridized carbons (Fsp3) is 0.333. The second-order valence-electron chi connectivity index (χ2n) is 4.54. The van der Waals surface area contributed by atoms with E-state index < -0.39 is 18.1 Å². The van der Waals surface area contributed by atoms with Crippen LogP contribution in [-0.2, 0) is 4.79 Å². The van der Waals surface area contributed by atoms with Crippen LogP contribution in [0.15, 0.2) is 24.3 Å². The van der Waals surface area contributed by atoms with Gasteiger partial charge in [0, 0.05) is 18.5 Å². The molecule has 0 atom stereocenters. The molecule has 0 spiro atoms. The van der Waals surface area contributed by atoms with Gasteiger partial charge in [0.15, 0.2) is 0 Å². The lowest BCUT2D eigenvalue weighted by atomic mass is 10.1. The van der Waals surface area contributed by atoms with E-state index in [4.69, 9.17) is 15.0 Å². The topological polar surface area (TPSA) is 77.8 Å². The molecule has 2 N–H and O–H groups in total. The lowest BCUT2D eigenvalue weighted by Crippen LogP contribution is -2.21. The van der Waals surface area contributed by atoms with Crippen molar-refractivity contribution < 1.29 is 33.0 Å². The highest BCUT2D eigenvalue weighted by Crippen LogP contribution is 2.13. The average molecular weight is 331 g/mol. The van der Waals surface area contributed by atoms with Crippen molar-refractivity contribution in [3.05, 3.63) is 35.4 Å². The summed E-state index contributed by atoms with van der Waals surface area (Å²) >= 11 is 0. The number of halogens is 3. The minimum Gasteiger partial charge on any atom is -0.478 e. The predicted molar refractivity (Wildman–Crippen MR) is 77.1 cm³/mol. The average Bonchev–Trinajstić information content (AvgIpc) is 2.43. The molecule has 0 unspecified atom stereocenters. The normalized spacial score (nSPS) is 10.2. The first-order valence-corrected chi connectivity index (χ1v) is 6.31. The summed E-state index contributed by atoms with van der Waals surface area (Å²) in [5.41, 5.74) is 1.03. The monoisotopic (exact) mass is 331 g/mol. The Morgan fingerprint density at radius 3 is 2.22 bits per heavy atom. The molecule has 0 saturated heterocycles. The van der Waals surface area contributed by atoms with Gasteiger partial charge in [-0.15, -0.1) is 0 Å². The van der Waals surface area contributed by atoms with Crippen LogP contribution in [0.4, 0.5) is 13.2 Å². The maximum atomic E-state index is 10.7. The van der Waals surface area contributed by atoms with Gasteiger partial charge in [0.2, 0.25) is 0 Å². The molecule has 0 aromatic heterocycles. The second kappa shape index (κ2) is 9.48. The summed E-state index contributed by atoms with van der Waals surface area (Å²) in [6.07, 6.45) is -4.30. The molecule has 126 valence electrons. The molecular formula is C15H16F3NO4. The number of nitrogens with zero attached hydrogens (tertiary/aromatic N) is 1. The Labute approximate surface area is 131 Å². The number of hydrogen-bond acceptors (Lipinski definition) is 3. The van der Waals surface area contributed by atoms with Gasteiger partial charge in [-0.05, 0) is 32.3 Å². The molecule has 0 heterocycles. The second-order valence-corrected chi connectivity index (χ2v) is 4.54. The van der Waals surface area contributed by atoms with Crippen molar-refractivity contribution in [1.82, 2.24) is 4.90 Å². The number of benzene rings is 1. The third kappa shape index (κ3) is 9.92. The van der Waals surface area contributed by atoms with Gasteiger partial charge < -0.3 is 15.1 Å². The Morgan fingerprint density at radius 2 is 1.78 bits per heavy atom. The van der Waals surface area contributed by atoms with E-state index in [0.717, 1.165) is 18.5 Å². The minimum atomic E-state index is -5.08. The zero-order valence-electron chi connectivity index (χ0n) is 12.5. The van der Waals surface area contributed by atoms with Crippen molar-refractivity contribution in [3.63, 3.8) is 0 Å². The molecule has 8 heteroatoms. The zero-order chi connectivity index (χ0) is 18.0. The van der Waals surface area contributed by atoms with Gasteiger partial charge in [0.25, 0.3) is 0 Å². The van der Waals surface area contributed by atoms with Crippen molar-refractivity contribution in [2.75, 3.05) is 20.6 Å². The fourth-order valence-electron chi connectivity index (χ4n) is 1.17. The van der Waals surface area contributed by atoms with Crippen LogP contribution in [0.1, 0.15) is 22.3 Å². The van der Waals surface area contributed by atoms with Crippen LogP contribution in [0.25, 0.3) is 0 Å². The highest BCUT2D eigenvalue weighted by atomic mass is 19.4. The number of hydrogen-bond donors (Lipinski definition) is 2. The smallest absolute Gasteiger partial charge is 0.478 e. The molecule has 1 aromatic rings. The minimum absolute atomic E-state index is 0.277. The summed E-state index contributed by atoms with van der Waals surface area (Å²) in [5.74, 6) is 2.29. The summed E-state index contributed by atoms with van der Waals surface area (Å²) < 4.78 is 31.7. The van der Waals surface area contributed by atoms with Crippen LogP contribution in [-0.4, -0.2) is 53.9 Å². The van der Waals surface area contributed by atoms with Gasteiger partial charge in [-0.25, -0.2) is 9.59 Å². The van der Waals surface area contributed by atoms with E-state index in [-0.39, 0.29) is 5.56 Å². The molecule has 0 bridgehead atoms. The van der Waals surface area contributed by atoms with Gasteiger partial charge in [-0.1, -0.05) is 17.9 Å². The highest BCUT2D eigenvalue weighted by molar-refractivity contribution is 5.88. The quantitative estimate of drug-likeness (QED) is 0.831. The van der Waals surface area contributed by atoms with Crippen LogP contribution >= 0.6 is 0 Å². The summed E-state index contributed by atoms with van der Waals surface area (Å²) in [6.45, 7) is 0.908. The molecule has 0 aliphatic heterocycles. The molecular weight excluding hydrogens is 315 g/mol. The van der Waals surface area contributed by atoms with Crippen molar-refractivity contribution in [2.45, 2.75) is 12.6 Å². The molecule has 0 aliphatic rings. The Morgan fingerprint density at radius 1 is 1.22 bits per heavy atom. The van der Waals surface area contributed by atoms with Gasteiger partial charge in [0.1, 0.15) is 0 Å². The maximum absolute atomic E-state index is 10.7. The summed E-state index contributed by atoms with van der Waals surface area (Å²) in [5, 5.41) is 15.9. The third-order valence-corrected chi connectivity index (χ3v) is 2.27. The van der Waals surface area contributed by atoms with Crippen LogP contribution in [0.5, 0.6) is 0 Å². The number of carboxylic acid groups (broad SMARTS) is 2. The molecule has 0 radical (unpaired) electrons. The Balaban J connectivity index is 0.000000585. The van der Waals surface area contributed by atoms with Gasteiger partial charge in [-0.3, -0.25) is 0 Å². The first-order valence-electron chi connectivity index (χ1n) is 6.31. The number of rotatable bonds is 3. The Hall–Kier alpha value is -2.53. The SMILES string of the molecule is CN(C)CCC#Cc1cccc(C(=O)O)c1.O=C(O)C(F)(F)F. The Bertz CT molecular complexity index is 601. The number of aliphatic carboxylic acids is 1. The van der Waals surface area contributed by atoms with Crippen molar-refractivity contribution in [2.24, 2.45) is 0 Å². The van der Waals surface area contributed by atoms with E-state index in [1.807, 2.05) is 20.2 Å². The zero-order valence-corrected chi connectivity index (χ0v) is 12.5. The Kier molecular flexibility index (Phi) is 8.44. The van der Waals surface area contributed by atoms with Crippen LogP contribution in [0, 0.1) is 11.8 Å². The van der Waals surface area contributed by atoms with Gasteiger partial charge in [-0.2, -0.15) is 13.2 Å². The lowest BCUT2D eigenvalue weighted by molar-refractivity contribution is -0.192. The van der Waals surface area contributed by atoms with E-state index in [9.17, 15) is 18.0 Å². The molecule has 0 amide bonds. The number of aromatic carboxylic acids is 1. The van der Waals surface area contributed by atoms with E-state index in [1.54, 1.807) is 18.2 Å². The summed E-state index contributed by atoms with van der Waals surface area (Å²) in [4.78, 5) is 21.7. The van der Waals surface area contributed by atoms with Crippen molar-refractivity contribution in [1.29, 1.82) is 0 Å². The van der Waals surface area contributed by atoms with Gasteiger partial charge >= 0.3 is 18.1 Å². The molecule has 23 heavy (non-hydrogen) atoms. The molecule has 1 rings (SSSR count). The standard InChI is InChI=1S/C13H15NO2.C2HF3O2/c1-14(2)9-4-3-6-11-7-5-8-12(10-11)13(15)16;3-2(4,5)1(6)7/h5,7-8,10H,4,9H2,1-2H3,(H,15,16);(H,6,7). The largest absolute Gasteiger partial charge is 0.490 e. The molecule has 0 saturated carbocycles. The lowest BCUT2D eigenvalue weighted by Gasteiger charge is -2.04. The van der Waals surface area contributed by atoms with Crippen molar-refractivity contribution >= 4 is 11.9 Å². The maximum Gasteiger partial charge on any atom is 0.490 e. The number of carboxylic acids is 2. The first kappa shape index (κ1) is 20.5. The molecule has 5 nitrogen and oxygen atoms in total. The van der Waals surface area contributed by atoms with E-state index in [0.29, 0.717) is 0 Å². The van der Waals surface area contributed by atoms with Crippen LogP contribution < -0.4 is 0 Å². The van der Waals surface area contributed by atoms with Gasteiger partial charge in [0.05, 0.1) is 5.56 Å². The van der Waals surface area contributed by atoms with E-state index in [2.05, 4.69) is 16.7 Å². The molecule has 0 aliphatic carbocycles. The summed E-state index contributed by atoms with van der Waals surface area (Å²) in [7, 11) is 3.99. The molecule has 0 fully saturated rings. The van der Waals surface area contributed by atoms with Crippen molar-refractivity contribution in [3.8, 4) is 11.8 Å². The van der Waals surface area contributed by atoms with Crippen LogP contribution in [0.2, 0.25) is 0 Å².